The molecule has 2 heterocycles. The minimum Gasteiger partial charge on any atom is -0.458 e. The molecule has 9 nitrogen and oxygen atoms in total. The zero-order valence-electron chi connectivity index (χ0n) is 16.6. The van der Waals surface area contributed by atoms with Crippen LogP contribution in [0.1, 0.15) is 24.2 Å². The number of aliphatic hydroxyl groups is 2. The number of rotatable bonds is 5. The first-order valence-corrected chi connectivity index (χ1v) is 7.75. The SMILES string of the molecule is [2H]C([2H])(OC(=O)[C@@H](N)C(C)C)[C@@]1(F)O[C@@]([2H])(n2cc(F)c(=O)[nH]c2=S)[C@H](O)[C@@H]1O. The summed E-state index contributed by atoms with van der Waals surface area (Å²) in [6, 6.07) is -1.35. The first-order valence-electron chi connectivity index (χ1n) is 8.84. The van der Waals surface area contributed by atoms with Crippen LogP contribution in [0.5, 0.6) is 0 Å². The van der Waals surface area contributed by atoms with Gasteiger partial charge in [-0.25, -0.2) is 4.39 Å². The molecule has 5 atom stereocenters. The minimum absolute atomic E-state index is 0.270. The highest BCUT2D eigenvalue weighted by atomic mass is 32.1. The molecule has 1 aliphatic heterocycles. The molecular formula is C14H19F2N3O6S. The normalized spacial score (nSPS) is 34.8. The Morgan fingerprint density at radius 2 is 2.31 bits per heavy atom. The van der Waals surface area contributed by atoms with Gasteiger partial charge in [-0.1, -0.05) is 13.8 Å². The number of nitrogens with two attached hydrogens (primary N) is 1. The van der Waals surface area contributed by atoms with Crippen molar-refractivity contribution in [1.29, 1.82) is 0 Å². The number of esters is 1. The number of ether oxygens (including phenoxy) is 2. The van der Waals surface area contributed by atoms with Crippen molar-refractivity contribution in [3.05, 3.63) is 27.1 Å². The van der Waals surface area contributed by atoms with Crippen molar-refractivity contribution in [1.82, 2.24) is 9.55 Å². The van der Waals surface area contributed by atoms with Crippen LogP contribution in [-0.2, 0) is 14.3 Å². The van der Waals surface area contributed by atoms with E-state index in [2.05, 4.69) is 9.47 Å². The van der Waals surface area contributed by atoms with Gasteiger partial charge in [-0.2, -0.15) is 4.39 Å². The average molecular weight is 398 g/mol. The van der Waals surface area contributed by atoms with Crippen molar-refractivity contribution in [2.24, 2.45) is 11.7 Å². The summed E-state index contributed by atoms with van der Waals surface area (Å²) in [5, 5.41) is 20.2. The van der Waals surface area contributed by atoms with Gasteiger partial charge in [0.2, 0.25) is 5.82 Å². The van der Waals surface area contributed by atoms with Gasteiger partial charge in [-0.3, -0.25) is 19.1 Å². The molecule has 1 aromatic heterocycles. The molecule has 0 aromatic carbocycles. The second-order valence-electron chi connectivity index (χ2n) is 5.87. The van der Waals surface area contributed by atoms with E-state index in [0.717, 1.165) is 0 Å². The quantitative estimate of drug-likeness (QED) is 0.384. The molecule has 1 saturated heterocycles. The lowest BCUT2D eigenvalue weighted by Crippen LogP contribution is -2.46. The van der Waals surface area contributed by atoms with E-state index in [4.69, 9.17) is 22.1 Å². The molecule has 146 valence electrons. The predicted octanol–water partition coefficient (Wildman–Crippen LogP) is -0.512. The van der Waals surface area contributed by atoms with Crippen LogP contribution in [0, 0.1) is 16.5 Å². The molecule has 0 saturated carbocycles. The number of aromatic nitrogens is 2. The fourth-order valence-corrected chi connectivity index (χ4v) is 2.19. The molecular weight excluding hydrogens is 376 g/mol. The molecule has 0 bridgehead atoms. The highest BCUT2D eigenvalue weighted by Gasteiger charge is 2.57. The molecule has 0 amide bonds. The smallest absolute Gasteiger partial charge is 0.323 e. The van der Waals surface area contributed by atoms with E-state index in [1.165, 1.54) is 13.8 Å². The van der Waals surface area contributed by atoms with Gasteiger partial charge in [0, 0.05) is 0 Å². The maximum atomic E-state index is 15.4. The molecule has 5 N–H and O–H groups in total. The van der Waals surface area contributed by atoms with Crippen molar-refractivity contribution < 1.29 is 37.4 Å². The summed E-state index contributed by atoms with van der Waals surface area (Å²) < 4.78 is 61.2. The Hall–Kier alpha value is -1.73. The van der Waals surface area contributed by atoms with Gasteiger partial charge in [0.15, 0.2) is 17.5 Å². The van der Waals surface area contributed by atoms with Gasteiger partial charge >= 0.3 is 5.97 Å². The highest BCUT2D eigenvalue weighted by Crippen LogP contribution is 2.38. The van der Waals surface area contributed by atoms with Crippen LogP contribution in [0.2, 0.25) is 0 Å². The van der Waals surface area contributed by atoms with Crippen molar-refractivity contribution in [3.8, 4) is 0 Å². The molecule has 0 aliphatic carbocycles. The predicted molar refractivity (Wildman–Crippen MR) is 85.6 cm³/mol. The van der Waals surface area contributed by atoms with Crippen LogP contribution in [0.3, 0.4) is 0 Å². The first kappa shape index (κ1) is 16.4. The van der Waals surface area contributed by atoms with Crippen molar-refractivity contribution in [2.75, 3.05) is 6.56 Å². The van der Waals surface area contributed by atoms with Crippen LogP contribution in [0.15, 0.2) is 11.0 Å². The lowest BCUT2D eigenvalue weighted by molar-refractivity contribution is -0.217. The number of halogens is 2. The third kappa shape index (κ3) is 3.83. The summed E-state index contributed by atoms with van der Waals surface area (Å²) in [6.07, 6.45) is -8.14. The Balaban J connectivity index is 2.48. The number of alkyl halides is 1. The largest absolute Gasteiger partial charge is 0.458 e. The highest BCUT2D eigenvalue weighted by molar-refractivity contribution is 7.71. The number of carbonyl (C=O) groups excluding carboxylic acids is 1. The Bertz CT molecular complexity index is 931. The van der Waals surface area contributed by atoms with Gasteiger partial charge in [-0.15, -0.1) is 0 Å². The number of hydrogen-bond donors (Lipinski definition) is 4. The van der Waals surface area contributed by atoms with Crippen LogP contribution in [0.4, 0.5) is 8.78 Å². The maximum Gasteiger partial charge on any atom is 0.323 e. The molecule has 1 aliphatic rings. The summed E-state index contributed by atoms with van der Waals surface area (Å²) in [4.78, 5) is 25.0. The van der Waals surface area contributed by atoms with Gasteiger partial charge in [0.05, 0.1) is 10.3 Å². The van der Waals surface area contributed by atoms with Crippen molar-refractivity contribution in [3.63, 3.8) is 0 Å². The Morgan fingerprint density at radius 1 is 1.69 bits per heavy atom. The third-order valence-electron chi connectivity index (χ3n) is 3.60. The van der Waals surface area contributed by atoms with Crippen LogP contribution < -0.4 is 11.3 Å². The monoisotopic (exact) mass is 398 g/mol. The second kappa shape index (κ2) is 7.48. The van der Waals surface area contributed by atoms with E-state index in [-0.39, 0.29) is 4.57 Å². The van der Waals surface area contributed by atoms with E-state index >= 15 is 4.39 Å². The van der Waals surface area contributed by atoms with Gasteiger partial charge in [0.25, 0.3) is 11.4 Å². The molecule has 0 spiro atoms. The van der Waals surface area contributed by atoms with Crippen LogP contribution in [0.25, 0.3) is 0 Å². The molecule has 1 aromatic rings. The third-order valence-corrected chi connectivity index (χ3v) is 3.90. The average Bonchev–Trinajstić information content (AvgIpc) is 2.79. The second-order valence-corrected chi connectivity index (χ2v) is 6.26. The summed E-state index contributed by atoms with van der Waals surface area (Å²) >= 11 is 4.73. The van der Waals surface area contributed by atoms with E-state index in [1.807, 2.05) is 0 Å². The summed E-state index contributed by atoms with van der Waals surface area (Å²) in [5.74, 6) is -7.35. The van der Waals surface area contributed by atoms with E-state index in [9.17, 15) is 24.2 Å². The topological polar surface area (TPSA) is 140 Å². The molecule has 26 heavy (non-hydrogen) atoms. The van der Waals surface area contributed by atoms with Gasteiger partial charge < -0.3 is 25.4 Å². The number of nitrogens with zero attached hydrogens (tertiary/aromatic N) is 1. The number of H-pyrrole nitrogens is 1. The molecule has 0 unspecified atom stereocenters. The Morgan fingerprint density at radius 3 is 2.88 bits per heavy atom. The molecule has 12 heteroatoms. The van der Waals surface area contributed by atoms with Crippen LogP contribution >= 0.6 is 12.2 Å². The van der Waals surface area contributed by atoms with Crippen molar-refractivity contribution >= 4 is 18.2 Å². The fraction of sp³-hybridized carbons (Fsp3) is 0.643. The number of hydrogen-bond acceptors (Lipinski definition) is 8. The zero-order valence-corrected chi connectivity index (χ0v) is 14.4. The van der Waals surface area contributed by atoms with E-state index in [0.29, 0.717) is 6.20 Å². The Labute approximate surface area is 155 Å². The number of aromatic amines is 1. The number of carbonyl (C=O) groups is 1. The first-order chi connectivity index (χ1) is 13.1. The molecule has 0 radical (unpaired) electrons. The summed E-state index contributed by atoms with van der Waals surface area (Å²) in [5.41, 5.74) is 4.24. The van der Waals surface area contributed by atoms with Gasteiger partial charge in [-0.05, 0) is 18.1 Å². The lowest BCUT2D eigenvalue weighted by Gasteiger charge is -2.24. The molecule has 2 rings (SSSR count). The van der Waals surface area contributed by atoms with Crippen molar-refractivity contribution in [2.45, 2.75) is 44.2 Å². The Kier molecular flexibility index (Phi) is 4.73. The standard InChI is InChI=1S/C14H19F2N3O6S/c1-5(2)7(17)12(23)24-4-14(16)9(21)8(20)11(25-14)19-3-6(15)10(22)18-13(19)26/h3,5,7-9,11,20-21H,4,17H2,1-2H3,(H,18,22,26)/t7-,8+,9-,11+,14+/m0/s1/i4D2,11D. The lowest BCUT2D eigenvalue weighted by atomic mass is 10.1. The maximum absolute atomic E-state index is 15.4. The van der Waals surface area contributed by atoms with Crippen LogP contribution in [-0.4, -0.2) is 56.4 Å². The van der Waals surface area contributed by atoms with Gasteiger partial charge in [0.1, 0.15) is 18.2 Å². The summed E-state index contributed by atoms with van der Waals surface area (Å²) in [6.45, 7) is -0.708. The molecule has 1 fully saturated rings. The number of nitrogens with one attached hydrogen (secondary N) is 1. The fourth-order valence-electron chi connectivity index (χ4n) is 1.96. The number of aliphatic hydroxyl groups excluding tert-OH is 2. The van der Waals surface area contributed by atoms with E-state index < -0.39 is 64.9 Å². The zero-order chi connectivity index (χ0) is 22.5. The van der Waals surface area contributed by atoms with E-state index in [1.54, 1.807) is 4.98 Å². The summed E-state index contributed by atoms with van der Waals surface area (Å²) in [7, 11) is 0. The minimum atomic E-state index is -3.98.